The van der Waals surface area contributed by atoms with Crippen LogP contribution in [0.3, 0.4) is 0 Å². The number of hydrogen-bond acceptors (Lipinski definition) is 5. The number of rotatable bonds is 5. The summed E-state index contributed by atoms with van der Waals surface area (Å²) in [5.41, 5.74) is 0.832. The van der Waals surface area contributed by atoms with Gasteiger partial charge in [0.25, 0.3) is 5.91 Å². The fourth-order valence-electron chi connectivity index (χ4n) is 3.77. The van der Waals surface area contributed by atoms with E-state index in [-0.39, 0.29) is 31.4 Å². The molecule has 1 saturated heterocycles. The third kappa shape index (κ3) is 5.03. The number of carbonyl (C=O) groups excluding carboxylic acids is 3. The molecule has 27 heavy (non-hydrogen) atoms. The number of hydrogen-bond donors (Lipinski definition) is 0. The Morgan fingerprint density at radius 1 is 1.19 bits per heavy atom. The van der Waals surface area contributed by atoms with Crippen molar-refractivity contribution in [1.29, 1.82) is 0 Å². The number of nitrogens with zero attached hydrogens (tertiary/aromatic N) is 2. The van der Waals surface area contributed by atoms with E-state index in [1.165, 1.54) is 11.8 Å². The molecule has 2 aliphatic heterocycles. The van der Waals surface area contributed by atoms with Crippen molar-refractivity contribution in [3.8, 4) is 0 Å². The number of anilines is 1. The first-order chi connectivity index (χ1) is 12.9. The van der Waals surface area contributed by atoms with Crippen molar-refractivity contribution in [2.75, 3.05) is 36.9 Å². The lowest BCUT2D eigenvalue weighted by atomic mass is 9.92. The molecule has 6 nitrogen and oxygen atoms in total. The van der Waals surface area contributed by atoms with Gasteiger partial charge in [-0.2, -0.15) is 0 Å². The summed E-state index contributed by atoms with van der Waals surface area (Å²) in [7, 11) is 0. The van der Waals surface area contributed by atoms with Crippen LogP contribution in [0.2, 0.25) is 0 Å². The molecule has 0 N–H and O–H groups in total. The van der Waals surface area contributed by atoms with E-state index in [0.29, 0.717) is 17.6 Å². The number of thioether (sulfide) groups is 1. The maximum Gasteiger partial charge on any atom is 0.308 e. The Morgan fingerprint density at radius 3 is 2.63 bits per heavy atom. The summed E-state index contributed by atoms with van der Waals surface area (Å²) in [5, 5.41) is 0. The lowest BCUT2D eigenvalue weighted by molar-refractivity contribution is -0.153. The van der Waals surface area contributed by atoms with Gasteiger partial charge in [-0.25, -0.2) is 0 Å². The molecule has 0 bridgehead atoms. The van der Waals surface area contributed by atoms with E-state index in [0.717, 1.165) is 30.1 Å². The smallest absolute Gasteiger partial charge is 0.308 e. The lowest BCUT2D eigenvalue weighted by Crippen LogP contribution is -2.44. The highest BCUT2D eigenvalue weighted by Crippen LogP contribution is 2.34. The summed E-state index contributed by atoms with van der Waals surface area (Å²) < 4.78 is 5.17. The van der Waals surface area contributed by atoms with Crippen LogP contribution >= 0.6 is 11.8 Å². The van der Waals surface area contributed by atoms with Gasteiger partial charge in [-0.05, 0) is 30.4 Å². The van der Waals surface area contributed by atoms with Gasteiger partial charge < -0.3 is 14.5 Å². The van der Waals surface area contributed by atoms with Gasteiger partial charge >= 0.3 is 5.97 Å². The highest BCUT2D eigenvalue weighted by atomic mass is 32.2. The fourth-order valence-corrected chi connectivity index (χ4v) is 4.71. The Hall–Kier alpha value is -2.02. The summed E-state index contributed by atoms with van der Waals surface area (Å²) in [5.74, 6) is 0.699. The first-order valence-corrected chi connectivity index (χ1v) is 10.4. The van der Waals surface area contributed by atoms with Crippen molar-refractivity contribution in [1.82, 2.24) is 4.90 Å². The Kier molecular flexibility index (Phi) is 6.42. The average Bonchev–Trinajstić information content (AvgIpc) is 2.64. The molecule has 2 heterocycles. The van der Waals surface area contributed by atoms with Crippen LogP contribution in [-0.2, 0) is 19.1 Å². The molecule has 1 aromatic rings. The number of piperidine rings is 1. The molecule has 7 heteroatoms. The van der Waals surface area contributed by atoms with Gasteiger partial charge in [-0.15, -0.1) is 11.8 Å². The van der Waals surface area contributed by atoms with Crippen LogP contribution in [0.25, 0.3) is 0 Å². The van der Waals surface area contributed by atoms with Gasteiger partial charge in [-0.3, -0.25) is 14.4 Å². The van der Waals surface area contributed by atoms with E-state index in [9.17, 15) is 14.4 Å². The van der Waals surface area contributed by atoms with E-state index in [2.05, 4.69) is 13.8 Å². The van der Waals surface area contributed by atoms with Crippen LogP contribution in [0.4, 0.5) is 5.69 Å². The van der Waals surface area contributed by atoms with Crippen molar-refractivity contribution < 1.29 is 19.1 Å². The fraction of sp³-hybridized carbons (Fsp3) is 0.550. The van der Waals surface area contributed by atoms with Gasteiger partial charge in [0.05, 0.1) is 17.9 Å². The summed E-state index contributed by atoms with van der Waals surface area (Å²) >= 11 is 1.51. The van der Waals surface area contributed by atoms with Gasteiger partial charge in [0.1, 0.15) is 0 Å². The Labute approximate surface area is 164 Å². The third-order valence-electron chi connectivity index (χ3n) is 4.93. The number of para-hydroxylation sites is 1. The maximum absolute atomic E-state index is 12.3. The minimum atomic E-state index is -0.454. The van der Waals surface area contributed by atoms with Crippen LogP contribution in [0, 0.1) is 11.8 Å². The van der Waals surface area contributed by atoms with E-state index in [1.807, 2.05) is 24.3 Å². The van der Waals surface area contributed by atoms with Crippen LogP contribution < -0.4 is 4.90 Å². The van der Waals surface area contributed by atoms with Gasteiger partial charge in [-0.1, -0.05) is 26.0 Å². The Morgan fingerprint density at radius 2 is 1.89 bits per heavy atom. The highest BCUT2D eigenvalue weighted by Gasteiger charge is 2.27. The summed E-state index contributed by atoms with van der Waals surface area (Å²) in [6, 6.07) is 7.66. The topological polar surface area (TPSA) is 66.9 Å². The number of fused-ring (bicyclic) bond motifs is 1. The number of amides is 2. The zero-order valence-electron chi connectivity index (χ0n) is 15.8. The molecule has 1 fully saturated rings. The lowest BCUT2D eigenvalue weighted by Gasteiger charge is -2.34. The van der Waals surface area contributed by atoms with Crippen LogP contribution in [0.15, 0.2) is 29.2 Å². The second-order valence-corrected chi connectivity index (χ2v) is 8.47. The molecule has 146 valence electrons. The summed E-state index contributed by atoms with van der Waals surface area (Å²) in [6.07, 6.45) is 1.19. The van der Waals surface area contributed by atoms with E-state index in [4.69, 9.17) is 4.74 Å². The first kappa shape index (κ1) is 19.7. The average molecular weight is 391 g/mol. The van der Waals surface area contributed by atoms with E-state index < -0.39 is 5.97 Å². The molecule has 0 saturated carbocycles. The molecule has 2 amide bonds. The predicted octanol–water partition coefficient (Wildman–Crippen LogP) is 2.56. The quantitative estimate of drug-likeness (QED) is 0.723. The van der Waals surface area contributed by atoms with Gasteiger partial charge in [0, 0.05) is 24.5 Å². The van der Waals surface area contributed by atoms with Crippen LogP contribution in [0.5, 0.6) is 0 Å². The standard InChI is InChI=1S/C20H26N2O4S/c1-14-9-15(2)11-21(10-14)18(23)12-26-20(25)7-8-22-16-5-3-4-6-17(16)27-13-19(22)24/h3-6,14-15H,7-13H2,1-2H3/t14-,15-/m1/s1. The van der Waals surface area contributed by atoms with E-state index >= 15 is 0 Å². The van der Waals surface area contributed by atoms with Crippen molar-refractivity contribution in [2.45, 2.75) is 31.6 Å². The van der Waals surface area contributed by atoms with Crippen molar-refractivity contribution in [3.05, 3.63) is 24.3 Å². The molecule has 0 unspecified atom stereocenters. The molecule has 0 radical (unpaired) electrons. The zero-order chi connectivity index (χ0) is 19.4. The number of likely N-dealkylation sites (tertiary alicyclic amines) is 1. The highest BCUT2D eigenvalue weighted by molar-refractivity contribution is 8.00. The normalized spacial score (nSPS) is 22.4. The second-order valence-electron chi connectivity index (χ2n) is 7.46. The largest absolute Gasteiger partial charge is 0.456 e. The monoisotopic (exact) mass is 390 g/mol. The molecule has 0 aliphatic carbocycles. The number of carbonyl (C=O) groups is 3. The second kappa shape index (κ2) is 8.78. The Bertz CT molecular complexity index is 714. The van der Waals surface area contributed by atoms with Gasteiger partial charge in [0.15, 0.2) is 6.61 Å². The third-order valence-corrected chi connectivity index (χ3v) is 5.97. The molecule has 3 rings (SSSR count). The van der Waals surface area contributed by atoms with Gasteiger partial charge in [0.2, 0.25) is 5.91 Å². The SMILES string of the molecule is C[C@@H]1C[C@@H](C)CN(C(=O)COC(=O)CCN2C(=O)CSc3ccccc32)C1. The number of ether oxygens (including phenoxy) is 1. The summed E-state index contributed by atoms with van der Waals surface area (Å²) in [4.78, 5) is 41.0. The number of benzene rings is 1. The predicted molar refractivity (Wildman–Crippen MR) is 105 cm³/mol. The Balaban J connectivity index is 1.47. The molecule has 0 aromatic heterocycles. The minimum absolute atomic E-state index is 0.0149. The molecular formula is C20H26N2O4S. The molecule has 1 aromatic carbocycles. The van der Waals surface area contributed by atoms with Crippen molar-refractivity contribution in [2.24, 2.45) is 11.8 Å². The van der Waals surface area contributed by atoms with Crippen molar-refractivity contribution in [3.63, 3.8) is 0 Å². The summed E-state index contributed by atoms with van der Waals surface area (Å²) in [6.45, 7) is 5.75. The van der Waals surface area contributed by atoms with Crippen LogP contribution in [-0.4, -0.2) is 54.7 Å². The van der Waals surface area contributed by atoms with E-state index in [1.54, 1.807) is 9.80 Å². The zero-order valence-corrected chi connectivity index (χ0v) is 16.7. The minimum Gasteiger partial charge on any atom is -0.456 e. The molecule has 2 atom stereocenters. The molecular weight excluding hydrogens is 364 g/mol. The van der Waals surface area contributed by atoms with Crippen LogP contribution in [0.1, 0.15) is 26.7 Å². The number of esters is 1. The first-order valence-electron chi connectivity index (χ1n) is 9.39. The molecule has 2 aliphatic rings. The molecule has 0 spiro atoms. The van der Waals surface area contributed by atoms with Crippen molar-refractivity contribution >= 4 is 35.2 Å². The maximum atomic E-state index is 12.3.